The summed E-state index contributed by atoms with van der Waals surface area (Å²) < 4.78 is 5.81. The first kappa shape index (κ1) is 14.5. The SMILES string of the molecule is CCNCc1ccc([N+](=O)[O-])c(OC2C=CCCC2)c1. The molecule has 1 aromatic rings. The Morgan fingerprint density at radius 2 is 2.35 bits per heavy atom. The van der Waals surface area contributed by atoms with Gasteiger partial charge in [0, 0.05) is 12.6 Å². The molecule has 108 valence electrons. The van der Waals surface area contributed by atoms with E-state index in [1.807, 2.05) is 13.0 Å². The summed E-state index contributed by atoms with van der Waals surface area (Å²) in [5.41, 5.74) is 1.02. The molecule has 0 amide bonds. The molecule has 0 saturated carbocycles. The van der Waals surface area contributed by atoms with Gasteiger partial charge in [0.25, 0.3) is 0 Å². The van der Waals surface area contributed by atoms with Crippen LogP contribution in [0.2, 0.25) is 0 Å². The van der Waals surface area contributed by atoms with E-state index < -0.39 is 0 Å². The summed E-state index contributed by atoms with van der Waals surface area (Å²) in [6.07, 6.45) is 7.03. The van der Waals surface area contributed by atoms with Crippen molar-refractivity contribution in [1.29, 1.82) is 0 Å². The fourth-order valence-electron chi connectivity index (χ4n) is 2.23. The van der Waals surface area contributed by atoms with Gasteiger partial charge >= 0.3 is 5.69 Å². The van der Waals surface area contributed by atoms with Gasteiger partial charge in [-0.15, -0.1) is 0 Å². The van der Waals surface area contributed by atoms with Crippen LogP contribution in [0.4, 0.5) is 5.69 Å². The molecule has 2 rings (SSSR count). The first-order valence-corrected chi connectivity index (χ1v) is 7.02. The van der Waals surface area contributed by atoms with Gasteiger partial charge in [-0.3, -0.25) is 10.1 Å². The normalized spacial score (nSPS) is 17.9. The van der Waals surface area contributed by atoms with Gasteiger partial charge in [-0.1, -0.05) is 19.1 Å². The second-order valence-electron chi connectivity index (χ2n) is 4.85. The first-order valence-electron chi connectivity index (χ1n) is 7.02. The van der Waals surface area contributed by atoms with E-state index in [1.165, 1.54) is 6.07 Å². The number of nitrogens with zero attached hydrogens (tertiary/aromatic N) is 1. The number of rotatable bonds is 6. The zero-order chi connectivity index (χ0) is 14.4. The monoisotopic (exact) mass is 276 g/mol. The molecule has 1 aromatic carbocycles. The third kappa shape index (κ3) is 3.81. The summed E-state index contributed by atoms with van der Waals surface area (Å²) in [7, 11) is 0. The van der Waals surface area contributed by atoms with Crippen LogP contribution < -0.4 is 10.1 Å². The van der Waals surface area contributed by atoms with Gasteiger partial charge < -0.3 is 10.1 Å². The molecule has 0 aromatic heterocycles. The van der Waals surface area contributed by atoms with Gasteiger partial charge in [0.1, 0.15) is 6.10 Å². The number of nitrogens with one attached hydrogen (secondary N) is 1. The van der Waals surface area contributed by atoms with Crippen LogP contribution in [-0.2, 0) is 6.54 Å². The fourth-order valence-corrected chi connectivity index (χ4v) is 2.23. The average molecular weight is 276 g/mol. The summed E-state index contributed by atoms with van der Waals surface area (Å²) in [5, 5.41) is 14.3. The molecule has 1 N–H and O–H groups in total. The highest BCUT2D eigenvalue weighted by Crippen LogP contribution is 2.30. The maximum absolute atomic E-state index is 11.1. The van der Waals surface area contributed by atoms with E-state index in [0.29, 0.717) is 12.3 Å². The highest BCUT2D eigenvalue weighted by Gasteiger charge is 2.19. The van der Waals surface area contributed by atoms with Gasteiger partial charge in [-0.2, -0.15) is 0 Å². The molecule has 0 aliphatic heterocycles. The predicted octanol–water partition coefficient (Wildman–Crippen LogP) is 3.19. The van der Waals surface area contributed by atoms with Crippen LogP contribution in [0.1, 0.15) is 31.7 Å². The highest BCUT2D eigenvalue weighted by molar-refractivity contribution is 5.48. The van der Waals surface area contributed by atoms with Gasteiger partial charge in [0.15, 0.2) is 5.75 Å². The Hall–Kier alpha value is -1.88. The van der Waals surface area contributed by atoms with Crippen LogP contribution in [0, 0.1) is 10.1 Å². The summed E-state index contributed by atoms with van der Waals surface area (Å²) in [6.45, 7) is 3.57. The molecule has 0 bridgehead atoms. The maximum atomic E-state index is 11.1. The maximum Gasteiger partial charge on any atom is 0.310 e. The number of hydrogen-bond acceptors (Lipinski definition) is 4. The van der Waals surface area contributed by atoms with Crippen molar-refractivity contribution in [2.45, 2.75) is 38.8 Å². The quantitative estimate of drug-likeness (QED) is 0.492. The molecule has 5 nitrogen and oxygen atoms in total. The van der Waals surface area contributed by atoms with Crippen molar-refractivity contribution in [2.24, 2.45) is 0 Å². The van der Waals surface area contributed by atoms with Crippen molar-refractivity contribution in [3.8, 4) is 5.75 Å². The molecule has 1 unspecified atom stereocenters. The molecular formula is C15H20N2O3. The standard InChI is InChI=1S/C15H20N2O3/c1-2-16-11-12-8-9-14(17(18)19)15(10-12)20-13-6-4-3-5-7-13/h4,6,8-10,13,16H,2-3,5,7,11H2,1H3. The third-order valence-electron chi connectivity index (χ3n) is 3.29. The minimum absolute atomic E-state index is 0.0317. The Bertz CT molecular complexity index is 500. The zero-order valence-corrected chi connectivity index (χ0v) is 11.7. The second kappa shape index (κ2) is 7.05. The minimum atomic E-state index is -0.390. The molecule has 0 saturated heterocycles. The van der Waals surface area contributed by atoms with Crippen LogP contribution in [0.15, 0.2) is 30.4 Å². The summed E-state index contributed by atoms with van der Waals surface area (Å²) in [5.74, 6) is 0.363. The van der Waals surface area contributed by atoms with Crippen molar-refractivity contribution in [3.63, 3.8) is 0 Å². The van der Waals surface area contributed by atoms with Crippen molar-refractivity contribution < 1.29 is 9.66 Å². The van der Waals surface area contributed by atoms with Crippen LogP contribution in [0.25, 0.3) is 0 Å². The van der Waals surface area contributed by atoms with Gasteiger partial charge in [-0.05, 0) is 43.5 Å². The zero-order valence-electron chi connectivity index (χ0n) is 11.7. The smallest absolute Gasteiger partial charge is 0.310 e. The summed E-state index contributed by atoms with van der Waals surface area (Å²) in [4.78, 5) is 10.7. The van der Waals surface area contributed by atoms with Crippen molar-refractivity contribution >= 4 is 5.69 Å². The Labute approximate surface area is 118 Å². The molecule has 1 aliphatic carbocycles. The van der Waals surface area contributed by atoms with Gasteiger partial charge in [0.2, 0.25) is 0 Å². The van der Waals surface area contributed by atoms with Crippen LogP contribution >= 0.6 is 0 Å². The average Bonchev–Trinajstić information content (AvgIpc) is 2.46. The number of nitro groups is 1. The van der Waals surface area contributed by atoms with Crippen molar-refractivity contribution in [1.82, 2.24) is 5.32 Å². The molecule has 0 radical (unpaired) electrons. The second-order valence-corrected chi connectivity index (χ2v) is 4.85. The lowest BCUT2D eigenvalue weighted by molar-refractivity contribution is -0.386. The Morgan fingerprint density at radius 3 is 3.00 bits per heavy atom. The molecule has 20 heavy (non-hydrogen) atoms. The number of ether oxygens (including phenoxy) is 1. The highest BCUT2D eigenvalue weighted by atomic mass is 16.6. The molecule has 5 heteroatoms. The number of nitro benzene ring substituents is 1. The lowest BCUT2D eigenvalue weighted by atomic mass is 10.1. The van der Waals surface area contributed by atoms with Crippen LogP contribution in [-0.4, -0.2) is 17.6 Å². The van der Waals surface area contributed by atoms with E-state index in [9.17, 15) is 10.1 Å². The fraction of sp³-hybridized carbons (Fsp3) is 0.467. The van der Waals surface area contributed by atoms with E-state index in [2.05, 4.69) is 11.4 Å². The summed E-state index contributed by atoms with van der Waals surface area (Å²) in [6, 6.07) is 5.06. The number of hydrogen-bond donors (Lipinski definition) is 1. The third-order valence-corrected chi connectivity index (χ3v) is 3.29. The summed E-state index contributed by atoms with van der Waals surface area (Å²) >= 11 is 0. The molecule has 1 aliphatic rings. The van der Waals surface area contributed by atoms with Crippen molar-refractivity contribution in [3.05, 3.63) is 46.0 Å². The predicted molar refractivity (Wildman–Crippen MR) is 77.9 cm³/mol. The lowest BCUT2D eigenvalue weighted by Gasteiger charge is -2.18. The van der Waals surface area contributed by atoms with E-state index in [4.69, 9.17) is 4.74 Å². The Morgan fingerprint density at radius 1 is 1.50 bits per heavy atom. The van der Waals surface area contributed by atoms with E-state index >= 15 is 0 Å². The van der Waals surface area contributed by atoms with Gasteiger partial charge in [0.05, 0.1) is 4.92 Å². The topological polar surface area (TPSA) is 64.4 Å². The Kier molecular flexibility index (Phi) is 5.12. The van der Waals surface area contributed by atoms with Crippen LogP contribution in [0.3, 0.4) is 0 Å². The molecular weight excluding hydrogens is 256 g/mol. The number of allylic oxidation sites excluding steroid dienone is 1. The van der Waals surface area contributed by atoms with E-state index in [0.717, 1.165) is 31.4 Å². The molecule has 1 atom stereocenters. The molecule has 0 spiro atoms. The number of benzene rings is 1. The molecule has 0 heterocycles. The van der Waals surface area contributed by atoms with E-state index in [1.54, 1.807) is 12.1 Å². The first-order chi connectivity index (χ1) is 9.70. The minimum Gasteiger partial charge on any atom is -0.479 e. The largest absolute Gasteiger partial charge is 0.479 e. The lowest BCUT2D eigenvalue weighted by Crippen LogP contribution is -2.17. The van der Waals surface area contributed by atoms with Gasteiger partial charge in [-0.25, -0.2) is 0 Å². The van der Waals surface area contributed by atoms with Crippen LogP contribution in [0.5, 0.6) is 5.75 Å². The Balaban J connectivity index is 2.19. The van der Waals surface area contributed by atoms with Crippen molar-refractivity contribution in [2.75, 3.05) is 6.54 Å². The van der Waals surface area contributed by atoms with E-state index in [-0.39, 0.29) is 16.7 Å². The molecule has 0 fully saturated rings.